The Morgan fingerprint density at radius 2 is 2.28 bits per heavy atom. The summed E-state index contributed by atoms with van der Waals surface area (Å²) in [5.74, 6) is 0. The minimum atomic E-state index is -0.392. The first kappa shape index (κ1) is 15.2. The van der Waals surface area contributed by atoms with Crippen molar-refractivity contribution >= 4 is 29.7 Å². The average Bonchev–Trinajstić information content (AvgIpc) is 2.66. The molecule has 2 rings (SSSR count). The number of nitrogens with two attached hydrogens (primary N) is 1. The van der Waals surface area contributed by atoms with Crippen LogP contribution in [-0.2, 0) is 6.54 Å². The molecule has 5 nitrogen and oxygen atoms in total. The molecule has 1 fully saturated rings. The fourth-order valence-electron chi connectivity index (χ4n) is 2.09. The summed E-state index contributed by atoms with van der Waals surface area (Å²) >= 11 is 5.76. The van der Waals surface area contributed by atoms with Crippen LogP contribution >= 0.6 is 24.0 Å². The van der Waals surface area contributed by atoms with Crippen LogP contribution in [0.2, 0.25) is 5.02 Å². The fraction of sp³-hybridized carbons (Fsp3) is 0.455. The van der Waals surface area contributed by atoms with E-state index in [1.807, 2.05) is 0 Å². The lowest BCUT2D eigenvalue weighted by atomic mass is 10.1. The highest BCUT2D eigenvalue weighted by molar-refractivity contribution is 6.30. The lowest BCUT2D eigenvalue weighted by molar-refractivity contribution is -0.385. The van der Waals surface area contributed by atoms with E-state index in [2.05, 4.69) is 4.90 Å². The van der Waals surface area contributed by atoms with Crippen LogP contribution in [0.4, 0.5) is 5.69 Å². The van der Waals surface area contributed by atoms with E-state index in [0.717, 1.165) is 19.5 Å². The molecule has 0 aliphatic carbocycles. The molecule has 0 saturated carbocycles. The molecule has 100 valence electrons. The van der Waals surface area contributed by atoms with Gasteiger partial charge in [-0.05, 0) is 18.6 Å². The van der Waals surface area contributed by atoms with Gasteiger partial charge in [0.1, 0.15) is 0 Å². The smallest absolute Gasteiger partial charge is 0.275 e. The van der Waals surface area contributed by atoms with Gasteiger partial charge in [-0.15, -0.1) is 12.4 Å². The fourth-order valence-corrected chi connectivity index (χ4v) is 2.25. The Morgan fingerprint density at radius 1 is 1.56 bits per heavy atom. The molecule has 1 aromatic carbocycles. The Hall–Kier alpha value is -0.880. The van der Waals surface area contributed by atoms with E-state index >= 15 is 0 Å². The van der Waals surface area contributed by atoms with Crippen molar-refractivity contribution in [1.82, 2.24) is 4.90 Å². The second-order valence-electron chi connectivity index (χ2n) is 4.31. The van der Waals surface area contributed by atoms with Crippen molar-refractivity contribution in [3.8, 4) is 0 Å². The molecule has 1 aromatic rings. The maximum Gasteiger partial charge on any atom is 0.275 e. The van der Waals surface area contributed by atoms with E-state index in [4.69, 9.17) is 17.3 Å². The molecule has 1 saturated heterocycles. The quantitative estimate of drug-likeness (QED) is 0.684. The van der Waals surface area contributed by atoms with Gasteiger partial charge in [0.2, 0.25) is 0 Å². The van der Waals surface area contributed by atoms with E-state index in [0.29, 0.717) is 17.1 Å². The zero-order chi connectivity index (χ0) is 12.4. The topological polar surface area (TPSA) is 72.4 Å². The molecule has 0 spiro atoms. The molecule has 2 N–H and O–H groups in total. The molecule has 1 aliphatic rings. The summed E-state index contributed by atoms with van der Waals surface area (Å²) in [5.41, 5.74) is 6.57. The van der Waals surface area contributed by atoms with Crippen LogP contribution in [0.5, 0.6) is 0 Å². The Labute approximate surface area is 116 Å². The van der Waals surface area contributed by atoms with E-state index in [9.17, 15) is 10.1 Å². The number of likely N-dealkylation sites (tertiary alicyclic amines) is 1. The minimum Gasteiger partial charge on any atom is -0.326 e. The van der Waals surface area contributed by atoms with Crippen molar-refractivity contribution in [2.45, 2.75) is 19.0 Å². The van der Waals surface area contributed by atoms with Crippen molar-refractivity contribution in [3.63, 3.8) is 0 Å². The van der Waals surface area contributed by atoms with Gasteiger partial charge in [0.25, 0.3) is 5.69 Å². The zero-order valence-electron chi connectivity index (χ0n) is 9.71. The number of benzene rings is 1. The number of nitro benzene ring substituents is 1. The van der Waals surface area contributed by atoms with Crippen LogP contribution in [0, 0.1) is 10.1 Å². The normalized spacial score (nSPS) is 19.6. The first-order valence-electron chi connectivity index (χ1n) is 5.47. The summed E-state index contributed by atoms with van der Waals surface area (Å²) in [4.78, 5) is 12.7. The standard InChI is InChI=1S/C11H14ClN3O2.ClH/c12-9-2-1-8(11(5-9)15(16)17)6-14-4-3-10(13)7-14;/h1-2,5,10H,3-4,6-7,13H2;1H/t10-;/m0./s1. The minimum absolute atomic E-state index is 0. The van der Waals surface area contributed by atoms with E-state index in [1.54, 1.807) is 12.1 Å². The van der Waals surface area contributed by atoms with Crippen molar-refractivity contribution < 1.29 is 4.92 Å². The van der Waals surface area contributed by atoms with Crippen LogP contribution in [-0.4, -0.2) is 29.0 Å². The maximum absolute atomic E-state index is 10.9. The van der Waals surface area contributed by atoms with Crippen LogP contribution < -0.4 is 5.73 Å². The Morgan fingerprint density at radius 3 is 2.83 bits per heavy atom. The Bertz CT molecular complexity index is 442. The van der Waals surface area contributed by atoms with Crippen molar-refractivity contribution in [1.29, 1.82) is 0 Å². The van der Waals surface area contributed by atoms with Gasteiger partial charge in [-0.25, -0.2) is 0 Å². The molecule has 18 heavy (non-hydrogen) atoms. The first-order valence-corrected chi connectivity index (χ1v) is 5.85. The van der Waals surface area contributed by atoms with Gasteiger partial charge in [0, 0.05) is 42.3 Å². The van der Waals surface area contributed by atoms with Crippen LogP contribution in [0.25, 0.3) is 0 Å². The largest absolute Gasteiger partial charge is 0.326 e. The number of halogens is 2. The number of nitro groups is 1. The summed E-state index contributed by atoms with van der Waals surface area (Å²) < 4.78 is 0. The van der Waals surface area contributed by atoms with Crippen molar-refractivity contribution in [2.75, 3.05) is 13.1 Å². The molecule has 1 heterocycles. The van der Waals surface area contributed by atoms with Crippen molar-refractivity contribution in [3.05, 3.63) is 38.9 Å². The molecule has 1 aliphatic heterocycles. The van der Waals surface area contributed by atoms with Crippen LogP contribution in [0.3, 0.4) is 0 Å². The summed E-state index contributed by atoms with van der Waals surface area (Å²) in [5, 5.41) is 11.3. The van der Waals surface area contributed by atoms with E-state index in [-0.39, 0.29) is 24.1 Å². The molecule has 7 heteroatoms. The number of rotatable bonds is 3. The van der Waals surface area contributed by atoms with E-state index < -0.39 is 4.92 Å². The third kappa shape index (κ3) is 3.55. The monoisotopic (exact) mass is 291 g/mol. The molecule has 1 atom stereocenters. The van der Waals surface area contributed by atoms with Crippen LogP contribution in [0.1, 0.15) is 12.0 Å². The summed E-state index contributed by atoms with van der Waals surface area (Å²) in [6.45, 7) is 2.24. The maximum atomic E-state index is 10.9. The molecule has 0 unspecified atom stereocenters. The predicted molar refractivity (Wildman–Crippen MR) is 73.2 cm³/mol. The number of hydrogen-bond donors (Lipinski definition) is 1. The zero-order valence-corrected chi connectivity index (χ0v) is 11.3. The third-order valence-corrected chi connectivity index (χ3v) is 3.18. The highest BCUT2D eigenvalue weighted by Gasteiger charge is 2.22. The van der Waals surface area contributed by atoms with Gasteiger partial charge in [0.05, 0.1) is 4.92 Å². The van der Waals surface area contributed by atoms with Crippen LogP contribution in [0.15, 0.2) is 18.2 Å². The van der Waals surface area contributed by atoms with Gasteiger partial charge in [-0.3, -0.25) is 15.0 Å². The Kier molecular flexibility index (Phi) is 5.34. The molecular weight excluding hydrogens is 277 g/mol. The predicted octanol–water partition coefficient (Wildman–Crippen LogP) is 2.20. The number of hydrogen-bond acceptors (Lipinski definition) is 4. The lowest BCUT2D eigenvalue weighted by Crippen LogP contribution is -2.26. The summed E-state index contributed by atoms with van der Waals surface area (Å²) in [6.07, 6.45) is 0.946. The van der Waals surface area contributed by atoms with E-state index in [1.165, 1.54) is 6.07 Å². The SMILES string of the molecule is Cl.N[C@H]1CCN(Cc2ccc(Cl)cc2[N+](=O)[O-])C1. The Balaban J connectivity index is 0.00000162. The number of nitrogens with zero attached hydrogens (tertiary/aromatic N) is 2. The highest BCUT2D eigenvalue weighted by Crippen LogP contribution is 2.25. The lowest BCUT2D eigenvalue weighted by Gasteiger charge is -2.15. The van der Waals surface area contributed by atoms with Gasteiger partial charge < -0.3 is 5.73 Å². The second-order valence-corrected chi connectivity index (χ2v) is 4.75. The highest BCUT2D eigenvalue weighted by atomic mass is 35.5. The molecule has 0 bridgehead atoms. The summed E-state index contributed by atoms with van der Waals surface area (Å²) in [7, 11) is 0. The molecule has 0 radical (unpaired) electrons. The second kappa shape index (κ2) is 6.33. The first-order chi connectivity index (χ1) is 8.06. The summed E-state index contributed by atoms with van der Waals surface area (Å²) in [6, 6.07) is 4.97. The van der Waals surface area contributed by atoms with Gasteiger partial charge in [-0.2, -0.15) is 0 Å². The van der Waals surface area contributed by atoms with Gasteiger partial charge in [-0.1, -0.05) is 11.6 Å². The molecule has 0 aromatic heterocycles. The molecule has 0 amide bonds. The van der Waals surface area contributed by atoms with Gasteiger partial charge in [0.15, 0.2) is 0 Å². The molecular formula is C11H15Cl2N3O2. The average molecular weight is 292 g/mol. The third-order valence-electron chi connectivity index (χ3n) is 2.95. The van der Waals surface area contributed by atoms with Crippen molar-refractivity contribution in [2.24, 2.45) is 5.73 Å². The van der Waals surface area contributed by atoms with Gasteiger partial charge >= 0.3 is 0 Å².